The van der Waals surface area contributed by atoms with Crippen LogP contribution in [0.3, 0.4) is 0 Å². The molecular weight excluding hydrogens is 456 g/mol. The Bertz CT molecular complexity index is 556. The van der Waals surface area contributed by atoms with Crippen molar-refractivity contribution < 1.29 is 0 Å². The molecule has 0 nitrogen and oxygen atoms in total. The Hall–Kier alpha value is 0. The minimum atomic E-state index is 0.695. The van der Waals surface area contributed by atoms with E-state index < -0.39 is 0 Å². The minimum absolute atomic E-state index is 0.695. The highest BCUT2D eigenvalue weighted by atomic mass is 14.5. The van der Waals surface area contributed by atoms with E-state index in [-0.39, 0.29) is 0 Å². The molecule has 226 valence electrons. The molecule has 0 spiro atoms. The molecule has 0 aromatic carbocycles. The number of hydrogen-bond donors (Lipinski definition) is 0. The van der Waals surface area contributed by atoms with Crippen LogP contribution in [0.4, 0.5) is 0 Å². The summed E-state index contributed by atoms with van der Waals surface area (Å²) in [6, 6.07) is 0. The van der Waals surface area contributed by atoms with E-state index in [0.717, 1.165) is 41.4 Å². The Kier molecular flexibility index (Phi) is 17.3. The van der Waals surface area contributed by atoms with Crippen LogP contribution in [0.15, 0.2) is 0 Å². The highest BCUT2D eigenvalue weighted by Crippen LogP contribution is 2.52. The lowest BCUT2D eigenvalue weighted by atomic mass is 9.57. The molecular formula is C38H74. The predicted molar refractivity (Wildman–Crippen MR) is 173 cm³/mol. The van der Waals surface area contributed by atoms with E-state index in [1.54, 1.807) is 0 Å². The van der Waals surface area contributed by atoms with Gasteiger partial charge in [0.05, 0.1) is 0 Å². The molecule has 7 atom stereocenters. The SMILES string of the molecule is CCCCCCCC(C)C(CC)CCCCCC1CCC1(C)CCCCCC(C)CCCCC1C(C)C1C. The smallest absolute Gasteiger partial charge is 0.0297 e. The minimum Gasteiger partial charge on any atom is -0.0654 e. The quantitative estimate of drug-likeness (QED) is 0.103. The van der Waals surface area contributed by atoms with Crippen LogP contribution in [0.1, 0.15) is 196 Å². The molecule has 38 heavy (non-hydrogen) atoms. The summed E-state index contributed by atoms with van der Waals surface area (Å²) in [5, 5.41) is 0. The molecule has 0 aliphatic heterocycles. The molecule has 0 heteroatoms. The van der Waals surface area contributed by atoms with Crippen molar-refractivity contribution in [3.63, 3.8) is 0 Å². The highest BCUT2D eigenvalue weighted by molar-refractivity contribution is 4.92. The van der Waals surface area contributed by atoms with Gasteiger partial charge < -0.3 is 0 Å². The second-order valence-electron chi connectivity index (χ2n) is 15.2. The van der Waals surface area contributed by atoms with Crippen molar-refractivity contribution >= 4 is 0 Å². The van der Waals surface area contributed by atoms with E-state index in [0.29, 0.717) is 5.41 Å². The number of hydrogen-bond acceptors (Lipinski definition) is 0. The van der Waals surface area contributed by atoms with Gasteiger partial charge in [0.25, 0.3) is 0 Å². The Morgan fingerprint density at radius 1 is 0.658 bits per heavy atom. The number of rotatable bonds is 25. The van der Waals surface area contributed by atoms with Crippen LogP contribution >= 0.6 is 0 Å². The third-order valence-electron chi connectivity index (χ3n) is 12.2. The lowest BCUT2D eigenvalue weighted by molar-refractivity contribution is 0.0291. The van der Waals surface area contributed by atoms with E-state index in [1.165, 1.54) is 148 Å². The average molecular weight is 531 g/mol. The summed E-state index contributed by atoms with van der Waals surface area (Å²) in [5.74, 6) is 7.03. The van der Waals surface area contributed by atoms with Gasteiger partial charge in [-0.3, -0.25) is 0 Å². The molecule has 2 saturated carbocycles. The van der Waals surface area contributed by atoms with E-state index >= 15 is 0 Å². The van der Waals surface area contributed by atoms with Gasteiger partial charge in [0, 0.05) is 0 Å². The molecule has 2 aliphatic carbocycles. The first-order chi connectivity index (χ1) is 18.3. The highest BCUT2D eigenvalue weighted by Gasteiger charge is 2.42. The van der Waals surface area contributed by atoms with Crippen molar-refractivity contribution in [1.29, 1.82) is 0 Å². The second kappa shape index (κ2) is 19.2. The maximum atomic E-state index is 2.64. The zero-order valence-electron chi connectivity index (χ0n) is 27.8. The van der Waals surface area contributed by atoms with Gasteiger partial charge in [0.2, 0.25) is 0 Å². The first-order valence-corrected chi connectivity index (χ1v) is 18.3. The van der Waals surface area contributed by atoms with E-state index in [2.05, 4.69) is 48.5 Å². The molecule has 0 radical (unpaired) electrons. The lowest BCUT2D eigenvalue weighted by Crippen LogP contribution is -2.37. The zero-order valence-corrected chi connectivity index (χ0v) is 27.8. The van der Waals surface area contributed by atoms with Gasteiger partial charge in [-0.1, -0.05) is 164 Å². The van der Waals surface area contributed by atoms with Crippen molar-refractivity contribution in [2.45, 2.75) is 196 Å². The van der Waals surface area contributed by atoms with Crippen molar-refractivity contribution in [1.82, 2.24) is 0 Å². The Labute approximate surface area is 242 Å². The van der Waals surface area contributed by atoms with Crippen molar-refractivity contribution in [3.8, 4) is 0 Å². The summed E-state index contributed by atoms with van der Waals surface area (Å²) in [6.07, 6.45) is 34.0. The maximum Gasteiger partial charge on any atom is -0.0297 e. The molecule has 0 aromatic heterocycles. The Balaban J connectivity index is 1.44. The molecule has 0 amide bonds. The molecule has 0 saturated heterocycles. The topological polar surface area (TPSA) is 0 Å². The second-order valence-corrected chi connectivity index (χ2v) is 15.2. The van der Waals surface area contributed by atoms with E-state index in [4.69, 9.17) is 0 Å². The van der Waals surface area contributed by atoms with Gasteiger partial charge in [-0.15, -0.1) is 0 Å². The maximum absolute atomic E-state index is 2.64. The van der Waals surface area contributed by atoms with Crippen molar-refractivity contribution in [3.05, 3.63) is 0 Å². The fraction of sp³-hybridized carbons (Fsp3) is 1.00. The third-order valence-corrected chi connectivity index (χ3v) is 12.2. The monoisotopic (exact) mass is 531 g/mol. The molecule has 2 aliphatic rings. The molecule has 0 N–H and O–H groups in total. The largest absolute Gasteiger partial charge is 0.0654 e. The third kappa shape index (κ3) is 12.7. The summed E-state index contributed by atoms with van der Waals surface area (Å²) in [5.41, 5.74) is 0.695. The molecule has 0 heterocycles. The Morgan fingerprint density at radius 3 is 1.87 bits per heavy atom. The predicted octanol–water partition coefficient (Wildman–Crippen LogP) is 13.4. The summed E-state index contributed by atoms with van der Waals surface area (Å²) in [6.45, 7) is 17.4. The first-order valence-electron chi connectivity index (χ1n) is 18.3. The van der Waals surface area contributed by atoms with Crippen LogP contribution in [0.5, 0.6) is 0 Å². The standard InChI is InChI=1S/C38H74/c1-8-10-11-12-16-24-32(4)35(9-2)25-17-13-18-26-36-28-30-38(36,7)29-21-14-15-22-31(3)23-19-20-27-37-33(5)34(37)6/h31-37H,8-30H2,1-7H3. The summed E-state index contributed by atoms with van der Waals surface area (Å²) >= 11 is 0. The lowest BCUT2D eigenvalue weighted by Gasteiger charge is -2.48. The van der Waals surface area contributed by atoms with Crippen LogP contribution in [0.25, 0.3) is 0 Å². The summed E-state index contributed by atoms with van der Waals surface area (Å²) < 4.78 is 0. The first kappa shape index (κ1) is 34.2. The fourth-order valence-electron chi connectivity index (χ4n) is 8.34. The van der Waals surface area contributed by atoms with Gasteiger partial charge in [-0.2, -0.15) is 0 Å². The van der Waals surface area contributed by atoms with Gasteiger partial charge in [-0.25, -0.2) is 0 Å². The van der Waals surface area contributed by atoms with E-state index in [9.17, 15) is 0 Å². The molecule has 7 unspecified atom stereocenters. The summed E-state index contributed by atoms with van der Waals surface area (Å²) in [4.78, 5) is 0. The normalized spacial score (nSPS) is 29.1. The van der Waals surface area contributed by atoms with Crippen LogP contribution in [-0.2, 0) is 0 Å². The van der Waals surface area contributed by atoms with Crippen molar-refractivity contribution in [2.24, 2.45) is 46.8 Å². The fourth-order valence-corrected chi connectivity index (χ4v) is 8.34. The van der Waals surface area contributed by atoms with Crippen LogP contribution < -0.4 is 0 Å². The molecule has 2 fully saturated rings. The van der Waals surface area contributed by atoms with Gasteiger partial charge in [0.15, 0.2) is 0 Å². The number of unbranched alkanes of at least 4 members (excludes halogenated alkanes) is 9. The molecule has 0 aromatic rings. The van der Waals surface area contributed by atoms with E-state index in [1.807, 2.05) is 0 Å². The molecule has 2 rings (SSSR count). The average Bonchev–Trinajstić information content (AvgIpc) is 3.48. The van der Waals surface area contributed by atoms with Crippen LogP contribution in [-0.4, -0.2) is 0 Å². The van der Waals surface area contributed by atoms with Crippen LogP contribution in [0.2, 0.25) is 0 Å². The summed E-state index contributed by atoms with van der Waals surface area (Å²) in [7, 11) is 0. The van der Waals surface area contributed by atoms with Gasteiger partial charge in [-0.05, 0) is 78.9 Å². The van der Waals surface area contributed by atoms with Crippen molar-refractivity contribution in [2.75, 3.05) is 0 Å². The molecule has 0 bridgehead atoms. The Morgan fingerprint density at radius 2 is 1.24 bits per heavy atom. The van der Waals surface area contributed by atoms with Crippen LogP contribution in [0, 0.1) is 46.8 Å². The zero-order chi connectivity index (χ0) is 27.8. The van der Waals surface area contributed by atoms with Gasteiger partial charge >= 0.3 is 0 Å². The van der Waals surface area contributed by atoms with Gasteiger partial charge in [0.1, 0.15) is 0 Å².